The van der Waals surface area contributed by atoms with Crippen molar-refractivity contribution >= 4 is 28.3 Å². The van der Waals surface area contributed by atoms with E-state index in [9.17, 15) is 10.1 Å². The fourth-order valence-electron chi connectivity index (χ4n) is 1.80. The summed E-state index contributed by atoms with van der Waals surface area (Å²) in [6.07, 6.45) is 0. The Kier molecular flexibility index (Phi) is 2.64. The number of hydrogen-bond acceptors (Lipinski definition) is 4. The third-order valence-electron chi connectivity index (χ3n) is 2.71. The van der Waals surface area contributed by atoms with Crippen molar-refractivity contribution in [3.05, 3.63) is 57.6 Å². The van der Waals surface area contributed by atoms with Crippen LogP contribution in [0.2, 0.25) is 5.02 Å². The van der Waals surface area contributed by atoms with Gasteiger partial charge in [-0.05, 0) is 30.3 Å². The van der Waals surface area contributed by atoms with Crippen LogP contribution in [0.4, 0.5) is 5.69 Å². The predicted octanol–water partition coefficient (Wildman–Crippen LogP) is 2.98. The van der Waals surface area contributed by atoms with Crippen LogP contribution in [-0.2, 0) is 0 Å². The van der Waals surface area contributed by atoms with Gasteiger partial charge in [0.05, 0.1) is 16.1 Å². The van der Waals surface area contributed by atoms with Crippen LogP contribution in [0, 0.1) is 10.1 Å². The number of benzene rings is 2. The molecule has 1 aromatic heterocycles. The number of rotatable bonds is 2. The smallest absolute Gasteiger partial charge is 0.258 e. The number of fused-ring (bicyclic) bond motifs is 1. The third kappa shape index (κ3) is 2.02. The molecule has 0 saturated carbocycles. The molecule has 0 aliphatic rings. The van der Waals surface area contributed by atoms with Gasteiger partial charge in [-0.25, -0.2) is 4.68 Å². The van der Waals surface area contributed by atoms with Crippen molar-refractivity contribution < 1.29 is 4.92 Å². The summed E-state index contributed by atoms with van der Waals surface area (Å²) in [7, 11) is 0. The van der Waals surface area contributed by atoms with Gasteiger partial charge in [0.25, 0.3) is 5.69 Å². The molecular weight excluding hydrogens is 268 g/mol. The quantitative estimate of drug-likeness (QED) is 0.532. The van der Waals surface area contributed by atoms with Crippen molar-refractivity contribution in [1.82, 2.24) is 15.0 Å². The highest BCUT2D eigenvalue weighted by Crippen LogP contribution is 2.22. The maximum Gasteiger partial charge on any atom is 0.271 e. The van der Waals surface area contributed by atoms with Gasteiger partial charge in [-0.1, -0.05) is 16.8 Å². The van der Waals surface area contributed by atoms with Gasteiger partial charge >= 0.3 is 0 Å². The zero-order valence-corrected chi connectivity index (χ0v) is 10.3. The van der Waals surface area contributed by atoms with E-state index < -0.39 is 4.92 Å². The topological polar surface area (TPSA) is 73.8 Å². The molecule has 0 amide bonds. The molecule has 0 spiro atoms. The highest BCUT2D eigenvalue weighted by atomic mass is 35.5. The Morgan fingerprint density at radius 3 is 2.58 bits per heavy atom. The fraction of sp³-hybridized carbons (Fsp3) is 0. The first-order valence-electron chi connectivity index (χ1n) is 5.41. The summed E-state index contributed by atoms with van der Waals surface area (Å²) >= 11 is 5.83. The van der Waals surface area contributed by atoms with Crippen molar-refractivity contribution in [2.24, 2.45) is 0 Å². The zero-order valence-electron chi connectivity index (χ0n) is 9.52. The predicted molar refractivity (Wildman–Crippen MR) is 70.5 cm³/mol. The molecule has 7 heteroatoms. The van der Waals surface area contributed by atoms with Crippen LogP contribution in [0.15, 0.2) is 42.5 Å². The van der Waals surface area contributed by atoms with Gasteiger partial charge in [0.1, 0.15) is 5.52 Å². The maximum atomic E-state index is 10.7. The number of hydrogen-bond donors (Lipinski definition) is 0. The van der Waals surface area contributed by atoms with E-state index in [2.05, 4.69) is 10.3 Å². The first-order valence-corrected chi connectivity index (χ1v) is 5.79. The molecule has 0 N–H and O–H groups in total. The van der Waals surface area contributed by atoms with E-state index >= 15 is 0 Å². The summed E-state index contributed by atoms with van der Waals surface area (Å²) in [4.78, 5) is 10.2. The Hall–Kier alpha value is -2.47. The summed E-state index contributed by atoms with van der Waals surface area (Å²) in [5.41, 5.74) is 1.97. The number of aromatic nitrogens is 3. The summed E-state index contributed by atoms with van der Waals surface area (Å²) in [6.45, 7) is 0. The first-order chi connectivity index (χ1) is 9.15. The number of nitro benzene ring substituents is 1. The largest absolute Gasteiger partial charge is 0.271 e. The monoisotopic (exact) mass is 274 g/mol. The van der Waals surface area contributed by atoms with Crippen LogP contribution in [0.25, 0.3) is 16.7 Å². The Balaban J connectivity index is 2.15. The van der Waals surface area contributed by atoms with Crippen LogP contribution in [0.3, 0.4) is 0 Å². The standard InChI is InChI=1S/C12H7ClN4O2/c13-8-1-3-9(4-2-8)16-12-6-5-10(17(18)19)7-11(12)14-15-16/h1-7H. The molecule has 1 heterocycles. The lowest BCUT2D eigenvalue weighted by atomic mass is 10.2. The molecule has 3 aromatic rings. The van der Waals surface area contributed by atoms with Crippen molar-refractivity contribution in [2.75, 3.05) is 0 Å². The number of nitrogens with zero attached hydrogens (tertiary/aromatic N) is 4. The molecule has 0 saturated heterocycles. The minimum absolute atomic E-state index is 0.00402. The molecular formula is C12H7ClN4O2. The van der Waals surface area contributed by atoms with E-state index in [4.69, 9.17) is 11.6 Å². The lowest BCUT2D eigenvalue weighted by Gasteiger charge is -2.01. The number of halogens is 1. The fourth-order valence-corrected chi connectivity index (χ4v) is 1.92. The molecule has 94 valence electrons. The van der Waals surface area contributed by atoms with Gasteiger partial charge in [0.2, 0.25) is 0 Å². The van der Waals surface area contributed by atoms with E-state index in [1.807, 2.05) is 0 Å². The minimum Gasteiger partial charge on any atom is -0.258 e. The second-order valence-electron chi connectivity index (χ2n) is 3.91. The van der Waals surface area contributed by atoms with E-state index in [-0.39, 0.29) is 5.69 Å². The average Bonchev–Trinajstić information content (AvgIpc) is 2.82. The second-order valence-corrected chi connectivity index (χ2v) is 4.34. The van der Waals surface area contributed by atoms with Crippen LogP contribution < -0.4 is 0 Å². The highest BCUT2D eigenvalue weighted by Gasteiger charge is 2.11. The molecule has 0 fully saturated rings. The van der Waals surface area contributed by atoms with E-state index in [1.54, 1.807) is 35.0 Å². The van der Waals surface area contributed by atoms with Gasteiger partial charge in [-0.3, -0.25) is 10.1 Å². The second kappa shape index (κ2) is 4.33. The Labute approximate surface area is 112 Å². The van der Waals surface area contributed by atoms with E-state index in [0.717, 1.165) is 5.69 Å². The molecule has 0 aliphatic heterocycles. The zero-order chi connectivity index (χ0) is 13.4. The van der Waals surface area contributed by atoms with Crippen molar-refractivity contribution in [2.45, 2.75) is 0 Å². The van der Waals surface area contributed by atoms with Gasteiger partial charge in [-0.2, -0.15) is 0 Å². The van der Waals surface area contributed by atoms with E-state index in [1.165, 1.54) is 12.1 Å². The van der Waals surface area contributed by atoms with E-state index in [0.29, 0.717) is 16.1 Å². The normalized spacial score (nSPS) is 10.8. The average molecular weight is 275 g/mol. The molecule has 0 unspecified atom stereocenters. The molecule has 19 heavy (non-hydrogen) atoms. The molecule has 0 bridgehead atoms. The molecule has 6 nitrogen and oxygen atoms in total. The number of nitro groups is 1. The van der Waals surface area contributed by atoms with Crippen molar-refractivity contribution in [3.8, 4) is 5.69 Å². The molecule has 2 aromatic carbocycles. The van der Waals surface area contributed by atoms with Gasteiger partial charge in [0.15, 0.2) is 0 Å². The molecule has 0 aliphatic carbocycles. The van der Waals surface area contributed by atoms with Gasteiger partial charge < -0.3 is 0 Å². The summed E-state index contributed by atoms with van der Waals surface area (Å²) in [6, 6.07) is 11.6. The van der Waals surface area contributed by atoms with Crippen LogP contribution in [0.1, 0.15) is 0 Å². The van der Waals surface area contributed by atoms with Crippen LogP contribution >= 0.6 is 11.6 Å². The van der Waals surface area contributed by atoms with Gasteiger partial charge in [-0.15, -0.1) is 5.10 Å². The highest BCUT2D eigenvalue weighted by molar-refractivity contribution is 6.30. The van der Waals surface area contributed by atoms with Crippen molar-refractivity contribution in [3.63, 3.8) is 0 Å². The maximum absolute atomic E-state index is 10.7. The SMILES string of the molecule is O=[N+]([O-])c1ccc2c(c1)nnn2-c1ccc(Cl)cc1. The Morgan fingerprint density at radius 1 is 1.16 bits per heavy atom. The lowest BCUT2D eigenvalue weighted by molar-refractivity contribution is -0.384. The van der Waals surface area contributed by atoms with Crippen LogP contribution in [-0.4, -0.2) is 19.9 Å². The number of non-ortho nitro benzene ring substituents is 1. The minimum atomic E-state index is -0.458. The first kappa shape index (κ1) is 11.6. The molecule has 3 rings (SSSR count). The Morgan fingerprint density at radius 2 is 1.89 bits per heavy atom. The van der Waals surface area contributed by atoms with Crippen LogP contribution in [0.5, 0.6) is 0 Å². The summed E-state index contributed by atoms with van der Waals surface area (Å²) < 4.78 is 1.61. The van der Waals surface area contributed by atoms with Gasteiger partial charge in [0, 0.05) is 17.2 Å². The molecule has 0 atom stereocenters. The third-order valence-corrected chi connectivity index (χ3v) is 2.96. The summed E-state index contributed by atoms with van der Waals surface area (Å²) in [5, 5.41) is 19.3. The summed E-state index contributed by atoms with van der Waals surface area (Å²) in [5.74, 6) is 0. The Bertz CT molecular complexity index is 767. The van der Waals surface area contributed by atoms with Crippen molar-refractivity contribution in [1.29, 1.82) is 0 Å². The molecule has 0 radical (unpaired) electrons. The lowest BCUT2D eigenvalue weighted by Crippen LogP contribution is -1.96.